The lowest BCUT2D eigenvalue weighted by Crippen LogP contribution is -2.39. The van der Waals surface area contributed by atoms with Crippen LogP contribution in [-0.4, -0.2) is 158 Å². The van der Waals surface area contributed by atoms with Crippen LogP contribution in [0.3, 0.4) is 0 Å². The number of likely N-dealkylation sites (tertiary alicyclic amines) is 1. The van der Waals surface area contributed by atoms with E-state index in [2.05, 4.69) is 20.5 Å². The van der Waals surface area contributed by atoms with E-state index in [1.807, 2.05) is 32.0 Å². The Balaban J connectivity index is 0.918. The molecule has 74 heavy (non-hydrogen) atoms. The lowest BCUT2D eigenvalue weighted by molar-refractivity contribution is -0.137. The number of carbonyl (C=O) groups is 3. The van der Waals surface area contributed by atoms with Crippen LogP contribution in [0.2, 0.25) is 0 Å². The third-order valence-electron chi connectivity index (χ3n) is 11.9. The molecule has 0 unspecified atom stereocenters. The smallest absolute Gasteiger partial charge is 0.416 e. The monoisotopic (exact) mass is 1040 g/mol. The van der Waals surface area contributed by atoms with Crippen LogP contribution >= 0.6 is 0 Å². The number of rotatable bonds is 34. The minimum Gasteiger partial charge on any atom is -0.447 e. The van der Waals surface area contributed by atoms with E-state index in [0.717, 1.165) is 55.7 Å². The zero-order chi connectivity index (χ0) is 52.8. The fraction of sp³-hybridized carbons (Fsp3) is 0.519. The Morgan fingerprint density at radius 1 is 0.676 bits per heavy atom. The van der Waals surface area contributed by atoms with Crippen molar-refractivity contribution in [2.75, 3.05) is 135 Å². The average molecular weight is 1040 g/mol. The Morgan fingerprint density at radius 3 is 1.91 bits per heavy atom. The quantitative estimate of drug-likeness (QED) is 0.0387. The van der Waals surface area contributed by atoms with Gasteiger partial charge in [0.2, 0.25) is 0 Å². The Hall–Kier alpha value is -5.71. The van der Waals surface area contributed by atoms with Crippen molar-refractivity contribution in [3.05, 3.63) is 113 Å². The Kier molecular flexibility index (Phi) is 26.6. The molecule has 3 amide bonds. The lowest BCUT2D eigenvalue weighted by Gasteiger charge is -2.31. The first-order valence-corrected chi connectivity index (χ1v) is 25.3. The molecule has 17 nitrogen and oxygen atoms in total. The molecule has 0 aliphatic carbocycles. The van der Waals surface area contributed by atoms with E-state index in [-0.39, 0.29) is 43.9 Å². The van der Waals surface area contributed by atoms with Crippen LogP contribution in [0, 0.1) is 5.92 Å². The molecule has 0 radical (unpaired) electrons. The number of anilines is 2. The van der Waals surface area contributed by atoms with E-state index in [0.29, 0.717) is 133 Å². The second kappa shape index (κ2) is 33.3. The van der Waals surface area contributed by atoms with E-state index in [4.69, 9.17) is 43.0 Å². The molecule has 0 spiro atoms. The summed E-state index contributed by atoms with van der Waals surface area (Å²) in [7, 11) is 0. The number of halogens is 3. The Bertz CT molecular complexity index is 2280. The molecule has 4 aromatic rings. The summed E-state index contributed by atoms with van der Waals surface area (Å²) in [6, 6.07) is 20.6. The number of benzene rings is 3. The van der Waals surface area contributed by atoms with Gasteiger partial charge in [0.05, 0.1) is 109 Å². The third kappa shape index (κ3) is 21.3. The summed E-state index contributed by atoms with van der Waals surface area (Å²) in [5, 5.41) is 14.5. The van der Waals surface area contributed by atoms with Crippen LogP contribution in [0.5, 0.6) is 0 Å². The number of aliphatic hydroxyl groups excluding tert-OH is 1. The van der Waals surface area contributed by atoms with Crippen LogP contribution in [0.25, 0.3) is 11.3 Å². The number of hydrogen-bond donors (Lipinski definition) is 3. The van der Waals surface area contributed by atoms with Crippen molar-refractivity contribution >= 4 is 29.3 Å². The average Bonchev–Trinajstić information content (AvgIpc) is 3.41. The molecule has 0 bridgehead atoms. The number of nitrogens with one attached hydrogen (secondary N) is 2. The normalized spacial score (nSPS) is 13.0. The molecule has 2 heterocycles. The second-order valence-electron chi connectivity index (χ2n) is 17.2. The number of nitrogens with zero attached hydrogens (tertiary/aromatic N) is 3. The van der Waals surface area contributed by atoms with Crippen molar-refractivity contribution in [1.82, 2.24) is 15.2 Å². The van der Waals surface area contributed by atoms with Crippen LogP contribution in [0.15, 0.2) is 85.1 Å². The van der Waals surface area contributed by atoms with Gasteiger partial charge in [-0.25, -0.2) is 4.79 Å². The van der Waals surface area contributed by atoms with Crippen LogP contribution in [0.1, 0.15) is 70.5 Å². The molecule has 20 heteroatoms. The number of hydrogen-bond acceptors (Lipinski definition) is 14. The maximum Gasteiger partial charge on any atom is 0.416 e. The molecule has 3 aromatic carbocycles. The van der Waals surface area contributed by atoms with E-state index in [1.165, 1.54) is 24.4 Å². The Labute approximate surface area is 431 Å². The SMILES string of the molecule is CCN(CC)c1ccc(NC(=O)c2cccc(COCCOCCOCCOCCOCCOCCOC(=O)N3CCC(CCOCCO)CC3)c2)c(-c2cc(C(=O)NCc3cccc(C(F)(F)F)c3)ccn2)c1. The molecule has 1 aliphatic heterocycles. The highest BCUT2D eigenvalue weighted by atomic mass is 19.4. The maximum atomic E-state index is 13.7. The number of ether oxygens (including phenoxy) is 8. The highest BCUT2D eigenvalue weighted by Crippen LogP contribution is 2.33. The van der Waals surface area contributed by atoms with E-state index < -0.39 is 17.6 Å². The molecular formula is C54H72F3N5O12. The number of amides is 3. The highest BCUT2D eigenvalue weighted by molar-refractivity contribution is 6.06. The number of aliphatic hydroxyl groups is 1. The summed E-state index contributed by atoms with van der Waals surface area (Å²) in [5.74, 6) is -0.339. The van der Waals surface area contributed by atoms with Gasteiger partial charge >= 0.3 is 12.3 Å². The number of piperidine rings is 1. The van der Waals surface area contributed by atoms with Crippen molar-refractivity contribution in [1.29, 1.82) is 0 Å². The first-order valence-electron chi connectivity index (χ1n) is 25.3. The van der Waals surface area contributed by atoms with Gasteiger partial charge in [0.1, 0.15) is 6.61 Å². The molecule has 3 N–H and O–H groups in total. The summed E-state index contributed by atoms with van der Waals surface area (Å²) in [4.78, 5) is 47.7. The number of alkyl halides is 3. The minimum atomic E-state index is -4.50. The molecular weight excluding hydrogens is 968 g/mol. The number of pyridine rings is 1. The highest BCUT2D eigenvalue weighted by Gasteiger charge is 2.30. The summed E-state index contributed by atoms with van der Waals surface area (Å²) in [6.07, 6.45) is -0.575. The molecule has 0 atom stereocenters. The van der Waals surface area contributed by atoms with Crippen molar-refractivity contribution in [2.45, 2.75) is 52.4 Å². The summed E-state index contributed by atoms with van der Waals surface area (Å²) in [6.45, 7) is 12.4. The van der Waals surface area contributed by atoms with Crippen molar-refractivity contribution in [2.24, 2.45) is 5.92 Å². The number of carbonyl (C=O) groups excluding carboxylic acids is 3. The third-order valence-corrected chi connectivity index (χ3v) is 11.9. The van der Waals surface area contributed by atoms with E-state index >= 15 is 0 Å². The van der Waals surface area contributed by atoms with Crippen LogP contribution in [-0.2, 0) is 57.2 Å². The first-order chi connectivity index (χ1) is 36.0. The van der Waals surface area contributed by atoms with Gasteiger partial charge in [-0.2, -0.15) is 13.2 Å². The number of aromatic nitrogens is 1. The van der Waals surface area contributed by atoms with Gasteiger partial charge in [-0.15, -0.1) is 0 Å². The fourth-order valence-corrected chi connectivity index (χ4v) is 7.89. The van der Waals surface area contributed by atoms with Gasteiger partial charge in [-0.1, -0.05) is 24.3 Å². The largest absolute Gasteiger partial charge is 0.447 e. The van der Waals surface area contributed by atoms with Crippen LogP contribution in [0.4, 0.5) is 29.3 Å². The van der Waals surface area contributed by atoms with Crippen molar-refractivity contribution in [3.8, 4) is 11.3 Å². The van der Waals surface area contributed by atoms with E-state index in [9.17, 15) is 27.6 Å². The van der Waals surface area contributed by atoms with Crippen molar-refractivity contribution in [3.63, 3.8) is 0 Å². The van der Waals surface area contributed by atoms with Gasteiger partial charge in [0.15, 0.2) is 0 Å². The van der Waals surface area contributed by atoms with E-state index in [1.54, 1.807) is 35.2 Å². The summed E-state index contributed by atoms with van der Waals surface area (Å²) >= 11 is 0. The van der Waals surface area contributed by atoms with Gasteiger partial charge in [-0.05, 0) is 105 Å². The molecule has 5 rings (SSSR count). The van der Waals surface area contributed by atoms with Crippen molar-refractivity contribution < 1.29 is 70.6 Å². The topological polar surface area (TPSA) is 189 Å². The standard InChI is InChI=1S/C54H72F3N5O12/c1-3-61(4-2)47-11-12-49(48(38-47)50-37-45(13-17-58-50)51(64)59-39-42-7-6-10-46(36-42)54(55,56)57)60-52(65)44-9-5-8-43(35-44)40-73-32-31-71-28-27-69-24-23-68-25-26-70-29-30-72-33-34-74-53(66)62-18-14-41(15-19-62)16-21-67-22-20-63/h5-13,17,35-38,41,63H,3-4,14-16,18-34,39-40H2,1-2H3,(H,59,64)(H,60,65). The zero-order valence-electron chi connectivity index (χ0n) is 42.5. The fourth-order valence-electron chi connectivity index (χ4n) is 7.89. The second-order valence-corrected chi connectivity index (χ2v) is 17.2. The zero-order valence-corrected chi connectivity index (χ0v) is 42.5. The predicted molar refractivity (Wildman–Crippen MR) is 272 cm³/mol. The first kappa shape index (κ1) is 59.2. The van der Waals surface area contributed by atoms with Gasteiger partial charge in [-0.3, -0.25) is 14.6 Å². The Morgan fingerprint density at radius 2 is 1.27 bits per heavy atom. The minimum absolute atomic E-state index is 0.0310. The predicted octanol–water partition coefficient (Wildman–Crippen LogP) is 7.64. The molecule has 1 aromatic heterocycles. The van der Waals surface area contributed by atoms with Crippen LogP contribution < -0.4 is 15.5 Å². The summed E-state index contributed by atoms with van der Waals surface area (Å²) < 4.78 is 84.0. The molecule has 1 saturated heterocycles. The lowest BCUT2D eigenvalue weighted by atomic mass is 9.94. The maximum absolute atomic E-state index is 13.7. The van der Waals surface area contributed by atoms with Gasteiger partial charge < -0.3 is 63.4 Å². The molecule has 1 aliphatic rings. The summed E-state index contributed by atoms with van der Waals surface area (Å²) in [5.41, 5.74) is 3.30. The molecule has 406 valence electrons. The van der Waals surface area contributed by atoms with Gasteiger partial charge in [0.25, 0.3) is 11.8 Å². The molecule has 1 fully saturated rings. The van der Waals surface area contributed by atoms with Gasteiger partial charge in [0, 0.05) is 67.9 Å². The molecule has 0 saturated carbocycles.